The monoisotopic (exact) mass is 244 g/mol. The number of ether oxygens (including phenoxy) is 1. The lowest BCUT2D eigenvalue weighted by molar-refractivity contribution is -0.145. The van der Waals surface area contributed by atoms with E-state index in [9.17, 15) is 14.4 Å². The Morgan fingerprint density at radius 3 is 2.41 bits per heavy atom. The van der Waals surface area contributed by atoms with Crippen LogP contribution in [0.25, 0.3) is 0 Å². The highest BCUT2D eigenvalue weighted by Crippen LogP contribution is 2.03. The topological polar surface area (TPSA) is 98.5 Å². The van der Waals surface area contributed by atoms with E-state index < -0.39 is 17.9 Å². The summed E-state index contributed by atoms with van der Waals surface area (Å²) >= 11 is 0. The smallest absolute Gasteiger partial charge is 0.328 e. The maximum atomic E-state index is 11.4. The highest BCUT2D eigenvalue weighted by molar-refractivity contribution is 5.98. The summed E-state index contributed by atoms with van der Waals surface area (Å²) < 4.78 is 4.58. The molecule has 0 aromatic carbocycles. The number of nitrogens with two attached hydrogens (primary N) is 1. The number of esters is 1. The third kappa shape index (κ3) is 7.46. The van der Waals surface area contributed by atoms with E-state index in [1.54, 1.807) is 0 Å². The Morgan fingerprint density at radius 1 is 1.29 bits per heavy atom. The number of amides is 1. The van der Waals surface area contributed by atoms with Crippen LogP contribution >= 0.6 is 0 Å². The molecule has 0 aliphatic heterocycles. The van der Waals surface area contributed by atoms with Crippen LogP contribution in [0, 0.1) is 0 Å². The van der Waals surface area contributed by atoms with Gasteiger partial charge in [-0.25, -0.2) is 4.79 Å². The predicted octanol–water partition coefficient (Wildman–Crippen LogP) is -0.248. The van der Waals surface area contributed by atoms with Crippen molar-refractivity contribution in [2.24, 2.45) is 5.73 Å². The van der Waals surface area contributed by atoms with E-state index in [0.717, 1.165) is 12.8 Å². The Hall–Kier alpha value is -1.43. The van der Waals surface area contributed by atoms with Crippen molar-refractivity contribution in [3.8, 4) is 0 Å². The summed E-state index contributed by atoms with van der Waals surface area (Å²) in [5.41, 5.74) is 5.34. The molecule has 0 saturated heterocycles. The van der Waals surface area contributed by atoms with Gasteiger partial charge in [0.2, 0.25) is 5.91 Å². The Balaban J connectivity index is 4.22. The van der Waals surface area contributed by atoms with Crippen molar-refractivity contribution in [1.82, 2.24) is 5.32 Å². The molecule has 6 heteroatoms. The lowest BCUT2D eigenvalue weighted by atomic mass is 10.1. The van der Waals surface area contributed by atoms with Crippen LogP contribution in [0.15, 0.2) is 0 Å². The first kappa shape index (κ1) is 15.6. The minimum atomic E-state index is -0.696. The zero-order valence-electron chi connectivity index (χ0n) is 10.3. The molecule has 0 aromatic rings. The largest absolute Gasteiger partial charge is 0.467 e. The molecule has 1 amide bonds. The van der Waals surface area contributed by atoms with Gasteiger partial charge in [0.1, 0.15) is 11.8 Å². The Labute approximate surface area is 101 Å². The summed E-state index contributed by atoms with van der Waals surface area (Å²) in [5, 5.41) is 2.48. The van der Waals surface area contributed by atoms with E-state index in [2.05, 4.69) is 10.1 Å². The van der Waals surface area contributed by atoms with E-state index in [0.29, 0.717) is 13.0 Å². The standard InChI is InChI=1S/C11H20N2O4/c1-8(14)7-10(15)13-9(11(16)17-2)5-3-4-6-12/h9H,3-7,12H2,1-2H3,(H,13,15). The molecule has 17 heavy (non-hydrogen) atoms. The van der Waals surface area contributed by atoms with Crippen LogP contribution < -0.4 is 11.1 Å². The molecular formula is C11H20N2O4. The maximum absolute atomic E-state index is 11.4. The highest BCUT2D eigenvalue weighted by atomic mass is 16.5. The molecule has 0 aliphatic rings. The maximum Gasteiger partial charge on any atom is 0.328 e. The van der Waals surface area contributed by atoms with Gasteiger partial charge in [0.05, 0.1) is 13.5 Å². The minimum absolute atomic E-state index is 0.218. The summed E-state index contributed by atoms with van der Waals surface area (Å²) in [6, 6.07) is -0.696. The number of rotatable bonds is 8. The Bertz CT molecular complexity index is 279. The lowest BCUT2D eigenvalue weighted by Gasteiger charge is -2.15. The van der Waals surface area contributed by atoms with Crippen LogP contribution in [0.3, 0.4) is 0 Å². The number of hydrogen-bond acceptors (Lipinski definition) is 5. The van der Waals surface area contributed by atoms with Gasteiger partial charge in [-0.15, -0.1) is 0 Å². The van der Waals surface area contributed by atoms with Crippen molar-refractivity contribution in [2.45, 2.75) is 38.6 Å². The van der Waals surface area contributed by atoms with Crippen molar-refractivity contribution >= 4 is 17.7 Å². The van der Waals surface area contributed by atoms with Gasteiger partial charge in [-0.3, -0.25) is 9.59 Å². The second-order valence-corrected chi connectivity index (χ2v) is 3.81. The van der Waals surface area contributed by atoms with Gasteiger partial charge < -0.3 is 15.8 Å². The van der Waals surface area contributed by atoms with Crippen LogP contribution in [0.4, 0.5) is 0 Å². The summed E-state index contributed by atoms with van der Waals surface area (Å²) in [4.78, 5) is 33.5. The zero-order valence-corrected chi connectivity index (χ0v) is 10.3. The second-order valence-electron chi connectivity index (χ2n) is 3.81. The van der Waals surface area contributed by atoms with Gasteiger partial charge in [0.25, 0.3) is 0 Å². The fraction of sp³-hybridized carbons (Fsp3) is 0.727. The average molecular weight is 244 g/mol. The molecule has 0 rings (SSSR count). The molecule has 0 spiro atoms. The molecule has 1 atom stereocenters. The van der Waals surface area contributed by atoms with Gasteiger partial charge in [-0.05, 0) is 32.7 Å². The molecule has 0 bridgehead atoms. The molecule has 1 unspecified atom stereocenters. The minimum Gasteiger partial charge on any atom is -0.467 e. The van der Waals surface area contributed by atoms with E-state index in [4.69, 9.17) is 5.73 Å². The SMILES string of the molecule is COC(=O)C(CCCCN)NC(=O)CC(C)=O. The number of ketones is 1. The van der Waals surface area contributed by atoms with E-state index >= 15 is 0 Å². The van der Waals surface area contributed by atoms with Crippen molar-refractivity contribution in [3.63, 3.8) is 0 Å². The summed E-state index contributed by atoms with van der Waals surface area (Å²) in [6.07, 6.45) is 1.74. The molecule has 0 aromatic heterocycles. The number of carbonyl (C=O) groups excluding carboxylic acids is 3. The van der Waals surface area contributed by atoms with Crippen molar-refractivity contribution in [3.05, 3.63) is 0 Å². The summed E-state index contributed by atoms with van der Waals surface area (Å²) in [7, 11) is 1.26. The molecule has 3 N–H and O–H groups in total. The first-order valence-electron chi connectivity index (χ1n) is 5.58. The molecule has 0 saturated carbocycles. The fourth-order valence-electron chi connectivity index (χ4n) is 1.36. The molecule has 0 radical (unpaired) electrons. The third-order valence-corrected chi connectivity index (χ3v) is 2.18. The van der Waals surface area contributed by atoms with Crippen LogP contribution in [0.5, 0.6) is 0 Å². The van der Waals surface area contributed by atoms with Crippen LogP contribution in [0.1, 0.15) is 32.6 Å². The quantitative estimate of drug-likeness (QED) is 0.348. The first-order valence-corrected chi connectivity index (χ1v) is 5.58. The van der Waals surface area contributed by atoms with Crippen molar-refractivity contribution < 1.29 is 19.1 Å². The molecule has 6 nitrogen and oxygen atoms in total. The van der Waals surface area contributed by atoms with Gasteiger partial charge in [-0.2, -0.15) is 0 Å². The number of carbonyl (C=O) groups is 3. The van der Waals surface area contributed by atoms with Crippen molar-refractivity contribution in [2.75, 3.05) is 13.7 Å². The average Bonchev–Trinajstić information content (AvgIpc) is 2.26. The second kappa shape index (κ2) is 8.69. The van der Waals surface area contributed by atoms with E-state index in [1.807, 2.05) is 0 Å². The van der Waals surface area contributed by atoms with Crippen LogP contribution in [-0.4, -0.2) is 37.4 Å². The summed E-state index contributed by atoms with van der Waals surface area (Å²) in [6.45, 7) is 1.86. The number of hydrogen-bond donors (Lipinski definition) is 2. The lowest BCUT2D eigenvalue weighted by Crippen LogP contribution is -2.42. The summed E-state index contributed by atoms with van der Waals surface area (Å²) in [5.74, 6) is -1.20. The Morgan fingerprint density at radius 2 is 1.94 bits per heavy atom. The van der Waals surface area contributed by atoms with Gasteiger partial charge in [0.15, 0.2) is 0 Å². The van der Waals surface area contributed by atoms with Gasteiger partial charge >= 0.3 is 5.97 Å². The van der Waals surface area contributed by atoms with Gasteiger partial charge in [0, 0.05) is 0 Å². The van der Waals surface area contributed by atoms with Crippen molar-refractivity contribution in [1.29, 1.82) is 0 Å². The molecular weight excluding hydrogens is 224 g/mol. The predicted molar refractivity (Wildman–Crippen MR) is 62.2 cm³/mol. The van der Waals surface area contributed by atoms with E-state index in [-0.39, 0.29) is 12.2 Å². The zero-order chi connectivity index (χ0) is 13.3. The molecule has 98 valence electrons. The number of nitrogens with one attached hydrogen (secondary N) is 1. The van der Waals surface area contributed by atoms with Crippen LogP contribution in [0.2, 0.25) is 0 Å². The van der Waals surface area contributed by atoms with Gasteiger partial charge in [-0.1, -0.05) is 0 Å². The molecule has 0 aliphatic carbocycles. The third-order valence-electron chi connectivity index (χ3n) is 2.18. The number of methoxy groups -OCH3 is 1. The first-order chi connectivity index (χ1) is 8.01. The normalized spacial score (nSPS) is 11.7. The van der Waals surface area contributed by atoms with Crippen LogP contribution in [-0.2, 0) is 19.1 Å². The molecule has 0 fully saturated rings. The molecule has 0 heterocycles. The van der Waals surface area contributed by atoms with E-state index in [1.165, 1.54) is 14.0 Å². The number of unbranched alkanes of at least 4 members (excludes halogenated alkanes) is 1. The highest BCUT2D eigenvalue weighted by Gasteiger charge is 2.21. The Kier molecular flexibility index (Phi) is 7.96. The number of Topliss-reactive ketones (excluding diaryl/α,β-unsaturated/α-hetero) is 1. The fourth-order valence-corrected chi connectivity index (χ4v) is 1.36.